The molecule has 2 aliphatic heterocycles. The molecule has 0 unspecified atom stereocenters. The van der Waals surface area contributed by atoms with Gasteiger partial charge in [0.25, 0.3) is 0 Å². The second-order valence-electron chi connectivity index (χ2n) is 6.66. The summed E-state index contributed by atoms with van der Waals surface area (Å²) in [5.41, 5.74) is 0.986. The lowest BCUT2D eigenvalue weighted by Gasteiger charge is -2.32. The van der Waals surface area contributed by atoms with E-state index in [2.05, 4.69) is 5.32 Å². The normalized spacial score (nSPS) is 17.2. The molecule has 3 rings (SSSR count). The number of benzene rings is 1. The third kappa shape index (κ3) is 3.63. The van der Waals surface area contributed by atoms with Crippen LogP contribution in [-0.2, 0) is 16.1 Å². The van der Waals surface area contributed by atoms with Crippen LogP contribution >= 0.6 is 0 Å². The van der Waals surface area contributed by atoms with E-state index in [1.54, 1.807) is 0 Å². The van der Waals surface area contributed by atoms with Crippen molar-refractivity contribution in [3.63, 3.8) is 0 Å². The molecule has 2 heterocycles. The molecule has 0 saturated carbocycles. The van der Waals surface area contributed by atoms with Gasteiger partial charge in [0.2, 0.25) is 18.6 Å². The van der Waals surface area contributed by atoms with Gasteiger partial charge in [0, 0.05) is 31.5 Å². The molecule has 0 spiro atoms. The van der Waals surface area contributed by atoms with E-state index in [4.69, 9.17) is 9.47 Å². The minimum absolute atomic E-state index is 0.0152. The van der Waals surface area contributed by atoms with Gasteiger partial charge in [-0.1, -0.05) is 19.9 Å². The van der Waals surface area contributed by atoms with Crippen molar-refractivity contribution in [3.8, 4) is 11.5 Å². The Bertz CT molecular complexity index is 621. The van der Waals surface area contributed by atoms with Gasteiger partial charge in [-0.2, -0.15) is 0 Å². The highest BCUT2D eigenvalue weighted by Crippen LogP contribution is 2.32. The first kappa shape index (κ1) is 16.6. The van der Waals surface area contributed by atoms with Gasteiger partial charge < -0.3 is 19.7 Å². The van der Waals surface area contributed by atoms with Gasteiger partial charge >= 0.3 is 0 Å². The van der Waals surface area contributed by atoms with E-state index < -0.39 is 0 Å². The van der Waals surface area contributed by atoms with Gasteiger partial charge in [-0.05, 0) is 30.5 Å². The first-order valence-electron chi connectivity index (χ1n) is 8.49. The Labute approximate surface area is 142 Å². The third-order valence-corrected chi connectivity index (χ3v) is 4.58. The predicted molar refractivity (Wildman–Crippen MR) is 88.6 cm³/mol. The van der Waals surface area contributed by atoms with E-state index in [-0.39, 0.29) is 30.4 Å². The number of piperidine rings is 1. The van der Waals surface area contributed by atoms with E-state index in [1.165, 1.54) is 0 Å². The molecule has 0 radical (unpaired) electrons. The molecule has 0 aromatic heterocycles. The van der Waals surface area contributed by atoms with Crippen molar-refractivity contribution in [2.24, 2.45) is 11.8 Å². The number of fused-ring (bicyclic) bond motifs is 1. The molecule has 130 valence electrons. The van der Waals surface area contributed by atoms with Crippen LogP contribution in [0.25, 0.3) is 0 Å². The van der Waals surface area contributed by atoms with Crippen LogP contribution in [0.1, 0.15) is 32.3 Å². The van der Waals surface area contributed by atoms with Crippen molar-refractivity contribution in [1.29, 1.82) is 0 Å². The van der Waals surface area contributed by atoms with E-state index in [1.807, 2.05) is 36.9 Å². The molecule has 1 aromatic rings. The van der Waals surface area contributed by atoms with Crippen LogP contribution < -0.4 is 14.8 Å². The Morgan fingerprint density at radius 1 is 1.21 bits per heavy atom. The minimum atomic E-state index is -0.0183. The maximum Gasteiger partial charge on any atom is 0.231 e. The summed E-state index contributed by atoms with van der Waals surface area (Å²) in [6, 6.07) is 5.68. The van der Waals surface area contributed by atoms with Crippen LogP contribution in [0, 0.1) is 11.8 Å². The second kappa shape index (κ2) is 7.11. The van der Waals surface area contributed by atoms with Crippen LogP contribution in [0.3, 0.4) is 0 Å². The van der Waals surface area contributed by atoms with Gasteiger partial charge in [-0.3, -0.25) is 9.59 Å². The predicted octanol–water partition coefficient (Wildman–Crippen LogP) is 1.93. The molecule has 1 saturated heterocycles. The summed E-state index contributed by atoms with van der Waals surface area (Å²) in [5.74, 6) is 1.70. The highest BCUT2D eigenvalue weighted by atomic mass is 16.7. The highest BCUT2D eigenvalue weighted by molar-refractivity contribution is 5.80. The van der Waals surface area contributed by atoms with Gasteiger partial charge in [-0.15, -0.1) is 0 Å². The summed E-state index contributed by atoms with van der Waals surface area (Å²) in [4.78, 5) is 26.2. The molecule has 24 heavy (non-hydrogen) atoms. The first-order valence-corrected chi connectivity index (χ1v) is 8.49. The lowest BCUT2D eigenvalue weighted by atomic mass is 9.95. The minimum Gasteiger partial charge on any atom is -0.454 e. The molecule has 1 N–H and O–H groups in total. The maximum absolute atomic E-state index is 12.3. The summed E-state index contributed by atoms with van der Waals surface area (Å²) < 4.78 is 10.6. The molecule has 2 aliphatic rings. The molecular formula is C18H24N2O4. The van der Waals surface area contributed by atoms with E-state index in [0.717, 1.165) is 29.9 Å². The maximum atomic E-state index is 12.3. The standard InChI is InChI=1S/C18H24N2O4/c1-12(2)18(22)20-7-5-14(6-8-20)17(21)19-10-13-3-4-15-16(9-13)24-11-23-15/h3-4,9,12,14H,5-8,10-11H2,1-2H3,(H,19,21). The largest absolute Gasteiger partial charge is 0.454 e. The fourth-order valence-corrected chi connectivity index (χ4v) is 3.11. The monoisotopic (exact) mass is 332 g/mol. The summed E-state index contributed by atoms with van der Waals surface area (Å²) in [6.45, 7) is 5.87. The lowest BCUT2D eigenvalue weighted by molar-refractivity contribution is -0.138. The fourth-order valence-electron chi connectivity index (χ4n) is 3.11. The fraction of sp³-hybridized carbons (Fsp3) is 0.556. The first-order chi connectivity index (χ1) is 11.5. The number of nitrogens with zero attached hydrogens (tertiary/aromatic N) is 1. The molecule has 1 aromatic carbocycles. The molecule has 0 aliphatic carbocycles. The molecule has 6 heteroatoms. The van der Waals surface area contributed by atoms with Gasteiger partial charge in [0.1, 0.15) is 0 Å². The number of ether oxygens (including phenoxy) is 2. The van der Waals surface area contributed by atoms with Crippen molar-refractivity contribution in [2.75, 3.05) is 19.9 Å². The van der Waals surface area contributed by atoms with Gasteiger partial charge in [-0.25, -0.2) is 0 Å². The highest BCUT2D eigenvalue weighted by Gasteiger charge is 2.28. The van der Waals surface area contributed by atoms with Crippen molar-refractivity contribution in [3.05, 3.63) is 23.8 Å². The van der Waals surface area contributed by atoms with Crippen molar-refractivity contribution < 1.29 is 19.1 Å². The third-order valence-electron chi connectivity index (χ3n) is 4.58. The molecular weight excluding hydrogens is 308 g/mol. The Morgan fingerprint density at radius 2 is 1.92 bits per heavy atom. The van der Waals surface area contributed by atoms with E-state index >= 15 is 0 Å². The second-order valence-corrected chi connectivity index (χ2v) is 6.66. The smallest absolute Gasteiger partial charge is 0.231 e. The summed E-state index contributed by atoms with van der Waals surface area (Å²) >= 11 is 0. The van der Waals surface area contributed by atoms with E-state index in [0.29, 0.717) is 19.6 Å². The number of hydrogen-bond donors (Lipinski definition) is 1. The number of rotatable bonds is 4. The van der Waals surface area contributed by atoms with Crippen LogP contribution in [0.5, 0.6) is 11.5 Å². The van der Waals surface area contributed by atoms with Crippen LogP contribution in [0.15, 0.2) is 18.2 Å². The zero-order valence-corrected chi connectivity index (χ0v) is 14.2. The van der Waals surface area contributed by atoms with Crippen LogP contribution in [0.4, 0.5) is 0 Å². The Kier molecular flexibility index (Phi) is 4.92. The Balaban J connectivity index is 1.47. The number of likely N-dealkylation sites (tertiary alicyclic amines) is 1. The van der Waals surface area contributed by atoms with Crippen LogP contribution in [-0.4, -0.2) is 36.6 Å². The quantitative estimate of drug-likeness (QED) is 0.915. The van der Waals surface area contributed by atoms with Crippen molar-refractivity contribution in [2.45, 2.75) is 33.2 Å². The SMILES string of the molecule is CC(C)C(=O)N1CCC(C(=O)NCc2ccc3c(c2)OCO3)CC1. The zero-order chi connectivity index (χ0) is 17.1. The topological polar surface area (TPSA) is 67.9 Å². The number of hydrogen-bond acceptors (Lipinski definition) is 4. The molecule has 6 nitrogen and oxygen atoms in total. The molecule has 2 amide bonds. The number of carbonyl (C=O) groups excluding carboxylic acids is 2. The van der Waals surface area contributed by atoms with Gasteiger partial charge in [0.05, 0.1) is 0 Å². The Hall–Kier alpha value is -2.24. The molecule has 0 bridgehead atoms. The zero-order valence-electron chi connectivity index (χ0n) is 14.2. The Morgan fingerprint density at radius 3 is 2.62 bits per heavy atom. The molecule has 1 fully saturated rings. The summed E-state index contributed by atoms with van der Waals surface area (Å²) in [5, 5.41) is 2.99. The summed E-state index contributed by atoms with van der Waals surface area (Å²) in [6.07, 6.45) is 1.46. The van der Waals surface area contributed by atoms with E-state index in [9.17, 15) is 9.59 Å². The lowest BCUT2D eigenvalue weighted by Crippen LogP contribution is -2.44. The average molecular weight is 332 g/mol. The number of carbonyl (C=O) groups is 2. The molecule has 0 atom stereocenters. The average Bonchev–Trinajstić information content (AvgIpc) is 3.06. The van der Waals surface area contributed by atoms with Crippen LogP contribution in [0.2, 0.25) is 0 Å². The van der Waals surface area contributed by atoms with Crippen molar-refractivity contribution >= 4 is 11.8 Å². The van der Waals surface area contributed by atoms with Crippen molar-refractivity contribution in [1.82, 2.24) is 10.2 Å². The summed E-state index contributed by atoms with van der Waals surface area (Å²) in [7, 11) is 0. The van der Waals surface area contributed by atoms with Gasteiger partial charge in [0.15, 0.2) is 11.5 Å². The number of nitrogens with one attached hydrogen (secondary N) is 1. The number of amides is 2.